The normalized spacial score (nSPS) is 20.9. The summed E-state index contributed by atoms with van der Waals surface area (Å²) in [6.07, 6.45) is 1.51. The molecule has 7 nitrogen and oxygen atoms in total. The molecule has 1 saturated heterocycles. The summed E-state index contributed by atoms with van der Waals surface area (Å²) in [4.78, 5) is 29.7. The number of amides is 2. The van der Waals surface area contributed by atoms with Crippen LogP contribution in [0.4, 0.5) is 0 Å². The molecule has 2 amide bonds. The topological polar surface area (TPSA) is 86.9 Å². The average Bonchev–Trinajstić information content (AvgIpc) is 3.09. The predicted octanol–water partition coefficient (Wildman–Crippen LogP) is 0.241. The summed E-state index contributed by atoms with van der Waals surface area (Å²) in [7, 11) is 0. The van der Waals surface area contributed by atoms with E-state index in [2.05, 4.69) is 10.3 Å². The van der Waals surface area contributed by atoms with Gasteiger partial charge in [0.1, 0.15) is 11.7 Å². The van der Waals surface area contributed by atoms with Gasteiger partial charge in [0, 0.05) is 31.8 Å². The van der Waals surface area contributed by atoms with Gasteiger partial charge in [0.2, 0.25) is 11.8 Å². The van der Waals surface area contributed by atoms with Gasteiger partial charge in [-0.05, 0) is 19.1 Å². The Morgan fingerprint density at radius 2 is 2.22 bits per heavy atom. The number of aromatic nitrogens is 2. The first kappa shape index (κ1) is 15.5. The maximum absolute atomic E-state index is 12.3. The zero-order valence-electron chi connectivity index (χ0n) is 13.2. The molecular formula is C16H20N4O3. The lowest BCUT2D eigenvalue weighted by molar-refractivity contribution is -0.137. The molecule has 0 unspecified atom stereocenters. The van der Waals surface area contributed by atoms with Crippen LogP contribution < -0.4 is 5.32 Å². The molecule has 2 aromatic heterocycles. The van der Waals surface area contributed by atoms with Crippen molar-refractivity contribution in [3.63, 3.8) is 0 Å². The van der Waals surface area contributed by atoms with E-state index < -0.39 is 12.1 Å². The van der Waals surface area contributed by atoms with E-state index in [4.69, 9.17) is 0 Å². The van der Waals surface area contributed by atoms with Crippen molar-refractivity contribution < 1.29 is 14.7 Å². The van der Waals surface area contributed by atoms with Crippen molar-refractivity contribution in [3.05, 3.63) is 35.8 Å². The van der Waals surface area contributed by atoms with Gasteiger partial charge in [0.05, 0.1) is 18.3 Å². The quantitative estimate of drug-likeness (QED) is 0.849. The average molecular weight is 316 g/mol. The Kier molecular flexibility index (Phi) is 4.04. The third-order valence-electron chi connectivity index (χ3n) is 4.18. The highest BCUT2D eigenvalue weighted by Crippen LogP contribution is 2.18. The summed E-state index contributed by atoms with van der Waals surface area (Å²) >= 11 is 0. The molecule has 0 aromatic carbocycles. The van der Waals surface area contributed by atoms with Gasteiger partial charge in [0.15, 0.2) is 0 Å². The highest BCUT2D eigenvalue weighted by atomic mass is 16.3. The maximum Gasteiger partial charge on any atom is 0.243 e. The van der Waals surface area contributed by atoms with Crippen molar-refractivity contribution in [2.45, 2.75) is 39.0 Å². The van der Waals surface area contributed by atoms with Crippen LogP contribution in [0.5, 0.6) is 0 Å². The van der Waals surface area contributed by atoms with Crippen molar-refractivity contribution in [1.82, 2.24) is 19.6 Å². The van der Waals surface area contributed by atoms with Crippen LogP contribution in [0.2, 0.25) is 0 Å². The molecule has 3 heterocycles. The van der Waals surface area contributed by atoms with Gasteiger partial charge >= 0.3 is 0 Å². The lowest BCUT2D eigenvalue weighted by Crippen LogP contribution is -2.44. The smallest absolute Gasteiger partial charge is 0.243 e. The van der Waals surface area contributed by atoms with Crippen LogP contribution in [0, 0.1) is 6.92 Å². The SMILES string of the molecule is CC(=O)N1C[C@@H](O)C[C@@H]1C(=O)NCc1cn2c(C)cccc2n1. The highest BCUT2D eigenvalue weighted by Gasteiger charge is 2.37. The Hall–Kier alpha value is -2.41. The second-order valence-electron chi connectivity index (χ2n) is 5.92. The van der Waals surface area contributed by atoms with Crippen LogP contribution in [0.25, 0.3) is 5.65 Å². The molecule has 122 valence electrons. The Labute approximate surface area is 133 Å². The Morgan fingerprint density at radius 1 is 1.43 bits per heavy atom. The van der Waals surface area contributed by atoms with E-state index in [0.29, 0.717) is 0 Å². The lowest BCUT2D eigenvalue weighted by Gasteiger charge is -2.21. The molecule has 3 rings (SSSR count). The summed E-state index contributed by atoms with van der Waals surface area (Å²) in [5.41, 5.74) is 2.64. The predicted molar refractivity (Wildman–Crippen MR) is 83.6 cm³/mol. The summed E-state index contributed by atoms with van der Waals surface area (Å²) in [6.45, 7) is 3.89. The van der Waals surface area contributed by atoms with Crippen LogP contribution in [0.3, 0.4) is 0 Å². The highest BCUT2D eigenvalue weighted by molar-refractivity contribution is 5.87. The number of imidazole rings is 1. The molecule has 23 heavy (non-hydrogen) atoms. The van der Waals surface area contributed by atoms with E-state index in [1.165, 1.54) is 11.8 Å². The molecule has 0 bridgehead atoms. The molecule has 1 aliphatic heterocycles. The molecule has 0 saturated carbocycles. The van der Waals surface area contributed by atoms with Crippen LogP contribution in [-0.2, 0) is 16.1 Å². The van der Waals surface area contributed by atoms with E-state index in [-0.39, 0.29) is 31.3 Å². The number of carbonyl (C=O) groups is 2. The number of aliphatic hydroxyl groups excluding tert-OH is 1. The number of pyridine rings is 1. The second kappa shape index (κ2) is 6.00. The number of β-amino-alcohol motifs (C(OH)–C–C–N with tert-alkyl or cyclic N) is 1. The molecule has 0 spiro atoms. The van der Waals surface area contributed by atoms with E-state index in [9.17, 15) is 14.7 Å². The van der Waals surface area contributed by atoms with Gasteiger partial charge < -0.3 is 19.7 Å². The summed E-state index contributed by atoms with van der Waals surface area (Å²) in [6, 6.07) is 5.22. The number of rotatable bonds is 3. The van der Waals surface area contributed by atoms with Crippen molar-refractivity contribution in [2.75, 3.05) is 6.54 Å². The van der Waals surface area contributed by atoms with Crippen LogP contribution in [0.1, 0.15) is 24.7 Å². The first-order valence-corrected chi connectivity index (χ1v) is 7.62. The van der Waals surface area contributed by atoms with E-state index in [0.717, 1.165) is 17.0 Å². The number of aryl methyl sites for hydroxylation is 1. The monoisotopic (exact) mass is 316 g/mol. The number of fused-ring (bicyclic) bond motifs is 1. The lowest BCUT2D eigenvalue weighted by atomic mass is 10.2. The molecule has 7 heteroatoms. The third-order valence-corrected chi connectivity index (χ3v) is 4.18. The minimum Gasteiger partial charge on any atom is -0.391 e. The van der Waals surface area contributed by atoms with E-state index in [1.807, 2.05) is 35.7 Å². The van der Waals surface area contributed by atoms with Crippen LogP contribution in [0.15, 0.2) is 24.4 Å². The van der Waals surface area contributed by atoms with Crippen molar-refractivity contribution in [1.29, 1.82) is 0 Å². The second-order valence-corrected chi connectivity index (χ2v) is 5.92. The Morgan fingerprint density at radius 3 is 2.91 bits per heavy atom. The summed E-state index contributed by atoms with van der Waals surface area (Å²) in [5.74, 6) is -0.462. The zero-order chi connectivity index (χ0) is 16.6. The fourth-order valence-corrected chi connectivity index (χ4v) is 2.99. The maximum atomic E-state index is 12.3. The van der Waals surface area contributed by atoms with Gasteiger partial charge in [-0.15, -0.1) is 0 Å². The Balaban J connectivity index is 1.68. The van der Waals surface area contributed by atoms with E-state index >= 15 is 0 Å². The first-order valence-electron chi connectivity index (χ1n) is 7.62. The zero-order valence-corrected chi connectivity index (χ0v) is 13.2. The van der Waals surface area contributed by atoms with Gasteiger partial charge in [-0.25, -0.2) is 4.98 Å². The van der Waals surface area contributed by atoms with Gasteiger partial charge in [0.25, 0.3) is 0 Å². The minimum atomic E-state index is -0.646. The summed E-state index contributed by atoms with van der Waals surface area (Å²) < 4.78 is 1.96. The Bertz CT molecular complexity index is 755. The number of hydrogen-bond donors (Lipinski definition) is 2. The molecule has 0 radical (unpaired) electrons. The first-order chi connectivity index (χ1) is 11.0. The number of nitrogens with one attached hydrogen (secondary N) is 1. The molecule has 0 aliphatic carbocycles. The number of nitrogens with zero attached hydrogens (tertiary/aromatic N) is 3. The summed E-state index contributed by atoms with van der Waals surface area (Å²) in [5, 5.41) is 12.5. The molecule has 2 aromatic rings. The number of hydrogen-bond acceptors (Lipinski definition) is 4. The van der Waals surface area contributed by atoms with Crippen LogP contribution in [-0.4, -0.2) is 49.9 Å². The fraction of sp³-hybridized carbons (Fsp3) is 0.438. The largest absolute Gasteiger partial charge is 0.391 e. The van der Waals surface area contributed by atoms with Crippen molar-refractivity contribution >= 4 is 17.5 Å². The van der Waals surface area contributed by atoms with Gasteiger partial charge in [-0.2, -0.15) is 0 Å². The van der Waals surface area contributed by atoms with Crippen molar-refractivity contribution in [2.24, 2.45) is 0 Å². The third kappa shape index (κ3) is 3.05. The minimum absolute atomic E-state index is 0.204. The molecular weight excluding hydrogens is 296 g/mol. The van der Waals surface area contributed by atoms with Crippen LogP contribution >= 0.6 is 0 Å². The van der Waals surface area contributed by atoms with E-state index in [1.54, 1.807) is 0 Å². The number of aliphatic hydroxyl groups is 1. The molecule has 2 N–H and O–H groups in total. The standard InChI is InChI=1S/C16H20N4O3/c1-10-4-3-5-15-18-12(8-19(10)15)7-17-16(23)14-6-13(22)9-20(14)11(2)21/h3-5,8,13-14,22H,6-7,9H2,1-2H3,(H,17,23)/t13-,14+/m0/s1. The van der Waals surface area contributed by atoms with Crippen molar-refractivity contribution in [3.8, 4) is 0 Å². The van der Waals surface area contributed by atoms with Gasteiger partial charge in [-0.1, -0.05) is 6.07 Å². The molecule has 1 aliphatic rings. The number of carbonyl (C=O) groups excluding carboxylic acids is 2. The molecule has 2 atom stereocenters. The fourth-order valence-electron chi connectivity index (χ4n) is 2.99. The van der Waals surface area contributed by atoms with Gasteiger partial charge in [-0.3, -0.25) is 9.59 Å². The molecule has 1 fully saturated rings. The number of likely N-dealkylation sites (tertiary alicyclic amines) is 1.